The van der Waals surface area contributed by atoms with Gasteiger partial charge in [0, 0.05) is 0 Å². The van der Waals surface area contributed by atoms with Crippen molar-refractivity contribution in [2.24, 2.45) is 0 Å². The molecule has 1 atom stereocenters. The Bertz CT molecular complexity index is 279. The van der Waals surface area contributed by atoms with Crippen LogP contribution in [0.3, 0.4) is 0 Å². The summed E-state index contributed by atoms with van der Waals surface area (Å²) in [7, 11) is 0. The number of rotatable bonds is 5. The largest absolute Gasteiger partial charge is 0.389 e. The van der Waals surface area contributed by atoms with Gasteiger partial charge in [-0.2, -0.15) is 5.48 Å². The van der Waals surface area contributed by atoms with Crippen molar-refractivity contribution in [3.63, 3.8) is 0 Å². The van der Waals surface area contributed by atoms with Gasteiger partial charge in [-0.3, -0.25) is 4.84 Å². The van der Waals surface area contributed by atoms with Crippen molar-refractivity contribution in [1.29, 1.82) is 0 Å². The number of aliphatic hydroxyl groups is 1. The summed E-state index contributed by atoms with van der Waals surface area (Å²) in [5.41, 5.74) is 3.14. The van der Waals surface area contributed by atoms with Crippen LogP contribution in [0.25, 0.3) is 0 Å². The maximum Gasteiger partial charge on any atom is 0.0933 e. The van der Waals surface area contributed by atoms with Crippen LogP contribution in [0.4, 0.5) is 0 Å². The van der Waals surface area contributed by atoms with Gasteiger partial charge < -0.3 is 5.11 Å². The molecule has 3 nitrogen and oxygen atoms in total. The summed E-state index contributed by atoms with van der Waals surface area (Å²) in [5, 5.41) is 9.64. The normalized spacial score (nSPS) is 13.9. The first-order valence-corrected chi connectivity index (χ1v) is 5.14. The molecular weight excluding hydrogens is 190 g/mol. The molecule has 0 heterocycles. The van der Waals surface area contributed by atoms with Crippen LogP contribution in [0.1, 0.15) is 26.3 Å². The molecule has 15 heavy (non-hydrogen) atoms. The summed E-state index contributed by atoms with van der Waals surface area (Å²) in [5.74, 6) is 0. The number of hydrogen-bond donors (Lipinski definition) is 2. The molecule has 0 amide bonds. The molecule has 2 N–H and O–H groups in total. The van der Waals surface area contributed by atoms with Crippen molar-refractivity contribution in [2.45, 2.75) is 39.0 Å². The van der Waals surface area contributed by atoms with E-state index < -0.39 is 5.60 Å². The molecule has 0 spiro atoms. The van der Waals surface area contributed by atoms with E-state index in [1.54, 1.807) is 13.8 Å². The van der Waals surface area contributed by atoms with E-state index in [0.29, 0.717) is 6.61 Å². The van der Waals surface area contributed by atoms with Crippen LogP contribution >= 0.6 is 0 Å². The number of nitrogens with one attached hydrogen (secondary N) is 1. The smallest absolute Gasteiger partial charge is 0.0933 e. The van der Waals surface area contributed by atoms with Gasteiger partial charge in [0.15, 0.2) is 0 Å². The highest BCUT2D eigenvalue weighted by Gasteiger charge is 2.21. The standard InChI is InChI=1S/C12H19NO2/c1-10(12(2,3)14)13-15-9-11-7-5-4-6-8-11/h4-8,10,13-14H,9H2,1-3H3. The van der Waals surface area contributed by atoms with Gasteiger partial charge in [-0.1, -0.05) is 30.3 Å². The summed E-state index contributed by atoms with van der Waals surface area (Å²) in [6.07, 6.45) is 0. The van der Waals surface area contributed by atoms with Gasteiger partial charge in [-0.25, -0.2) is 0 Å². The van der Waals surface area contributed by atoms with Crippen LogP contribution in [0.15, 0.2) is 30.3 Å². The quantitative estimate of drug-likeness (QED) is 0.727. The van der Waals surface area contributed by atoms with E-state index >= 15 is 0 Å². The van der Waals surface area contributed by atoms with Gasteiger partial charge in [0.2, 0.25) is 0 Å². The first-order valence-electron chi connectivity index (χ1n) is 5.14. The van der Waals surface area contributed by atoms with Crippen molar-refractivity contribution >= 4 is 0 Å². The van der Waals surface area contributed by atoms with E-state index in [9.17, 15) is 5.11 Å². The molecule has 1 unspecified atom stereocenters. The summed E-state index contributed by atoms with van der Waals surface area (Å²) < 4.78 is 0. The van der Waals surface area contributed by atoms with E-state index in [4.69, 9.17) is 4.84 Å². The Hall–Kier alpha value is -0.900. The Kier molecular flexibility index (Phi) is 4.27. The topological polar surface area (TPSA) is 41.5 Å². The lowest BCUT2D eigenvalue weighted by molar-refractivity contribution is -0.0580. The van der Waals surface area contributed by atoms with Crippen LogP contribution in [0, 0.1) is 0 Å². The van der Waals surface area contributed by atoms with Gasteiger partial charge in [0.05, 0.1) is 18.2 Å². The van der Waals surface area contributed by atoms with Crippen LogP contribution in [0.2, 0.25) is 0 Å². The molecule has 0 aromatic heterocycles. The molecule has 0 saturated carbocycles. The lowest BCUT2D eigenvalue weighted by Crippen LogP contribution is -2.44. The van der Waals surface area contributed by atoms with E-state index in [0.717, 1.165) is 5.56 Å². The number of hydroxylamine groups is 1. The Balaban J connectivity index is 2.28. The third-order valence-corrected chi connectivity index (χ3v) is 2.40. The van der Waals surface area contributed by atoms with Gasteiger partial charge in [-0.05, 0) is 26.3 Å². The average molecular weight is 209 g/mol. The molecule has 0 aliphatic carbocycles. The molecule has 0 saturated heterocycles. The molecule has 0 fully saturated rings. The third kappa shape index (κ3) is 4.42. The highest BCUT2D eigenvalue weighted by molar-refractivity contribution is 5.13. The van der Waals surface area contributed by atoms with Crippen molar-refractivity contribution in [1.82, 2.24) is 5.48 Å². The number of hydrogen-bond acceptors (Lipinski definition) is 3. The number of benzene rings is 1. The van der Waals surface area contributed by atoms with Crippen molar-refractivity contribution in [3.05, 3.63) is 35.9 Å². The molecule has 84 valence electrons. The molecule has 1 aromatic carbocycles. The fraction of sp³-hybridized carbons (Fsp3) is 0.500. The summed E-state index contributed by atoms with van der Waals surface area (Å²) in [4.78, 5) is 5.30. The molecule has 0 aliphatic heterocycles. The summed E-state index contributed by atoms with van der Waals surface area (Å²) >= 11 is 0. The first-order chi connectivity index (χ1) is 7.00. The summed E-state index contributed by atoms with van der Waals surface area (Å²) in [6, 6.07) is 9.79. The van der Waals surface area contributed by atoms with Crippen LogP contribution in [-0.4, -0.2) is 16.7 Å². The second-order valence-corrected chi connectivity index (χ2v) is 4.27. The van der Waals surface area contributed by atoms with Crippen LogP contribution in [0.5, 0.6) is 0 Å². The third-order valence-electron chi connectivity index (χ3n) is 2.40. The highest BCUT2D eigenvalue weighted by atomic mass is 16.6. The SMILES string of the molecule is CC(NOCc1ccccc1)C(C)(C)O. The second-order valence-electron chi connectivity index (χ2n) is 4.27. The second kappa shape index (κ2) is 5.26. The fourth-order valence-electron chi connectivity index (χ4n) is 0.968. The average Bonchev–Trinajstić information content (AvgIpc) is 2.18. The molecular formula is C12H19NO2. The summed E-state index contributed by atoms with van der Waals surface area (Å²) in [6.45, 7) is 5.87. The Morgan fingerprint density at radius 2 is 1.93 bits per heavy atom. The van der Waals surface area contributed by atoms with E-state index in [2.05, 4.69) is 5.48 Å². The maximum absolute atomic E-state index is 9.64. The first kappa shape index (κ1) is 12.2. The zero-order valence-corrected chi connectivity index (χ0v) is 9.53. The maximum atomic E-state index is 9.64. The minimum Gasteiger partial charge on any atom is -0.389 e. The van der Waals surface area contributed by atoms with Gasteiger partial charge in [0.1, 0.15) is 0 Å². The molecule has 1 aromatic rings. The van der Waals surface area contributed by atoms with E-state index in [-0.39, 0.29) is 6.04 Å². The zero-order valence-electron chi connectivity index (χ0n) is 9.53. The fourth-order valence-corrected chi connectivity index (χ4v) is 0.968. The predicted octanol–water partition coefficient (Wildman–Crippen LogP) is 1.87. The van der Waals surface area contributed by atoms with E-state index in [1.165, 1.54) is 0 Å². The van der Waals surface area contributed by atoms with Gasteiger partial charge >= 0.3 is 0 Å². The van der Waals surface area contributed by atoms with Crippen LogP contribution in [-0.2, 0) is 11.4 Å². The van der Waals surface area contributed by atoms with Crippen molar-refractivity contribution in [3.8, 4) is 0 Å². The minimum atomic E-state index is -0.781. The monoisotopic (exact) mass is 209 g/mol. The Morgan fingerprint density at radius 1 is 1.33 bits per heavy atom. The molecule has 1 rings (SSSR count). The van der Waals surface area contributed by atoms with Crippen molar-refractivity contribution in [2.75, 3.05) is 0 Å². The Morgan fingerprint density at radius 3 is 2.47 bits per heavy atom. The van der Waals surface area contributed by atoms with Crippen LogP contribution < -0.4 is 5.48 Å². The lowest BCUT2D eigenvalue weighted by Gasteiger charge is -2.26. The molecule has 3 heteroatoms. The van der Waals surface area contributed by atoms with E-state index in [1.807, 2.05) is 37.3 Å². The molecule has 0 radical (unpaired) electrons. The highest BCUT2D eigenvalue weighted by Crippen LogP contribution is 2.08. The van der Waals surface area contributed by atoms with Crippen molar-refractivity contribution < 1.29 is 9.94 Å². The van der Waals surface area contributed by atoms with Gasteiger partial charge in [-0.15, -0.1) is 0 Å². The lowest BCUT2D eigenvalue weighted by atomic mass is 10.0. The molecule has 0 bridgehead atoms. The Labute approximate surface area is 91.0 Å². The predicted molar refractivity (Wildman–Crippen MR) is 60.1 cm³/mol. The minimum absolute atomic E-state index is 0.110. The molecule has 0 aliphatic rings. The van der Waals surface area contributed by atoms with Gasteiger partial charge in [0.25, 0.3) is 0 Å². The zero-order chi connectivity index (χ0) is 11.3.